The van der Waals surface area contributed by atoms with Crippen molar-refractivity contribution in [1.29, 1.82) is 0 Å². The van der Waals surface area contributed by atoms with Gasteiger partial charge >= 0.3 is 0 Å². The van der Waals surface area contributed by atoms with Crippen LogP contribution in [0.2, 0.25) is 0 Å². The second kappa shape index (κ2) is 7.91. The van der Waals surface area contributed by atoms with Gasteiger partial charge in [-0.25, -0.2) is 18.4 Å². The Hall–Kier alpha value is -3.02. The molecule has 1 fully saturated rings. The van der Waals surface area contributed by atoms with Crippen LogP contribution in [0.3, 0.4) is 0 Å². The number of nitrogens with zero attached hydrogens (tertiary/aromatic N) is 4. The Morgan fingerprint density at radius 2 is 2.00 bits per heavy atom. The first-order chi connectivity index (χ1) is 15.0. The fraction of sp³-hybridized carbons (Fsp3) is 0.350. The normalized spacial score (nSPS) is 18.9. The number of hydrogen-bond donors (Lipinski definition) is 0. The topological polar surface area (TPSA) is 113 Å². The van der Waals surface area contributed by atoms with Gasteiger partial charge in [0, 0.05) is 31.0 Å². The van der Waals surface area contributed by atoms with Crippen molar-refractivity contribution in [3.8, 4) is 28.6 Å². The van der Waals surface area contributed by atoms with Crippen LogP contribution in [0.15, 0.2) is 36.7 Å². The Labute approximate surface area is 178 Å². The van der Waals surface area contributed by atoms with Crippen LogP contribution in [0.4, 0.5) is 0 Å². The molecule has 3 aromatic rings. The van der Waals surface area contributed by atoms with Crippen molar-refractivity contribution in [3.63, 3.8) is 0 Å². The van der Waals surface area contributed by atoms with Gasteiger partial charge in [0.2, 0.25) is 22.7 Å². The van der Waals surface area contributed by atoms with E-state index < -0.39 is 16.1 Å². The Bertz CT molecular complexity index is 1240. The number of aromatic nitrogens is 3. The average molecular weight is 444 g/mol. The predicted molar refractivity (Wildman–Crippen MR) is 111 cm³/mol. The molecule has 31 heavy (non-hydrogen) atoms. The first-order valence-electron chi connectivity index (χ1n) is 9.69. The zero-order valence-electron chi connectivity index (χ0n) is 16.7. The summed E-state index contributed by atoms with van der Waals surface area (Å²) in [5.74, 6) is 1.64. The zero-order chi connectivity index (χ0) is 21.4. The SMILES string of the molecule is CS(=O)(=O)N1CCOC(COc2nc(-c3ccc4c(c3)OCO4)cc3nccnc23)C1. The van der Waals surface area contributed by atoms with Gasteiger partial charge in [0.05, 0.1) is 24.1 Å². The molecule has 2 aliphatic rings. The summed E-state index contributed by atoms with van der Waals surface area (Å²) in [7, 11) is -3.29. The molecule has 0 bridgehead atoms. The van der Waals surface area contributed by atoms with E-state index in [1.807, 2.05) is 24.3 Å². The number of ether oxygens (including phenoxy) is 4. The third kappa shape index (κ3) is 4.11. The van der Waals surface area contributed by atoms with E-state index in [-0.39, 0.29) is 19.9 Å². The Balaban J connectivity index is 1.43. The van der Waals surface area contributed by atoms with Crippen LogP contribution in [0, 0.1) is 0 Å². The van der Waals surface area contributed by atoms with Gasteiger partial charge in [0.25, 0.3) is 0 Å². The Morgan fingerprint density at radius 1 is 1.16 bits per heavy atom. The second-order valence-corrected chi connectivity index (χ2v) is 9.21. The van der Waals surface area contributed by atoms with Gasteiger partial charge in [-0.3, -0.25) is 4.98 Å². The lowest BCUT2D eigenvalue weighted by atomic mass is 10.1. The molecule has 0 N–H and O–H groups in total. The molecule has 0 aliphatic carbocycles. The summed E-state index contributed by atoms with van der Waals surface area (Å²) >= 11 is 0. The molecular weight excluding hydrogens is 424 g/mol. The van der Waals surface area contributed by atoms with Crippen molar-refractivity contribution >= 4 is 21.1 Å². The summed E-state index contributed by atoms with van der Waals surface area (Å²) in [5.41, 5.74) is 2.60. The van der Waals surface area contributed by atoms with Crippen molar-refractivity contribution in [1.82, 2.24) is 19.3 Å². The number of pyridine rings is 1. The monoisotopic (exact) mass is 444 g/mol. The van der Waals surface area contributed by atoms with E-state index in [1.54, 1.807) is 12.4 Å². The van der Waals surface area contributed by atoms with Gasteiger partial charge in [-0.05, 0) is 24.3 Å². The van der Waals surface area contributed by atoms with Crippen LogP contribution in [-0.2, 0) is 14.8 Å². The fourth-order valence-corrected chi connectivity index (χ4v) is 4.36. The molecule has 0 radical (unpaired) electrons. The maximum Gasteiger partial charge on any atom is 0.242 e. The van der Waals surface area contributed by atoms with Crippen LogP contribution >= 0.6 is 0 Å². The molecule has 4 heterocycles. The summed E-state index contributed by atoms with van der Waals surface area (Å²) in [6.07, 6.45) is 3.95. The summed E-state index contributed by atoms with van der Waals surface area (Å²) in [6, 6.07) is 7.40. The molecule has 1 atom stereocenters. The van der Waals surface area contributed by atoms with E-state index in [2.05, 4.69) is 15.0 Å². The Kier molecular flexibility index (Phi) is 5.08. The lowest BCUT2D eigenvalue weighted by Gasteiger charge is -2.30. The maximum atomic E-state index is 11.8. The highest BCUT2D eigenvalue weighted by atomic mass is 32.2. The largest absolute Gasteiger partial charge is 0.473 e. The van der Waals surface area contributed by atoms with Crippen LogP contribution in [0.1, 0.15) is 0 Å². The van der Waals surface area contributed by atoms with Crippen molar-refractivity contribution in [2.45, 2.75) is 6.10 Å². The van der Waals surface area contributed by atoms with E-state index in [1.165, 1.54) is 10.6 Å². The quantitative estimate of drug-likeness (QED) is 0.577. The molecule has 5 rings (SSSR count). The molecule has 10 nitrogen and oxygen atoms in total. The standard InChI is InChI=1S/C20H20N4O6S/c1-31(25,26)24-6-7-27-14(10-24)11-28-20-19-16(21-4-5-22-19)9-15(23-20)13-2-3-17-18(8-13)30-12-29-17/h2-5,8-9,14H,6-7,10-12H2,1H3. The highest BCUT2D eigenvalue weighted by Gasteiger charge is 2.27. The van der Waals surface area contributed by atoms with Crippen molar-refractivity contribution in [2.75, 3.05) is 39.4 Å². The maximum absolute atomic E-state index is 11.8. The zero-order valence-corrected chi connectivity index (χ0v) is 17.5. The lowest BCUT2D eigenvalue weighted by Crippen LogP contribution is -2.47. The van der Waals surface area contributed by atoms with Crippen molar-refractivity contribution < 1.29 is 27.4 Å². The summed E-state index contributed by atoms with van der Waals surface area (Å²) in [5, 5.41) is 0. The smallest absolute Gasteiger partial charge is 0.242 e. The first kappa shape index (κ1) is 19.9. The molecule has 162 valence electrons. The van der Waals surface area contributed by atoms with E-state index in [9.17, 15) is 8.42 Å². The number of rotatable bonds is 5. The summed E-state index contributed by atoms with van der Waals surface area (Å²) in [6.45, 7) is 1.20. The molecular formula is C20H20N4O6S. The number of sulfonamides is 1. The first-order valence-corrected chi connectivity index (χ1v) is 11.5. The molecule has 0 amide bonds. The van der Waals surface area contributed by atoms with Crippen LogP contribution < -0.4 is 14.2 Å². The summed E-state index contributed by atoms with van der Waals surface area (Å²) in [4.78, 5) is 13.4. The van der Waals surface area contributed by atoms with Gasteiger partial charge < -0.3 is 18.9 Å². The van der Waals surface area contributed by atoms with Gasteiger partial charge in [0.15, 0.2) is 17.0 Å². The molecule has 0 spiro atoms. The van der Waals surface area contributed by atoms with Gasteiger partial charge in [-0.1, -0.05) is 0 Å². The molecule has 1 unspecified atom stereocenters. The van der Waals surface area contributed by atoms with Crippen LogP contribution in [-0.4, -0.2) is 73.1 Å². The third-order valence-corrected chi connectivity index (χ3v) is 6.34. The molecule has 2 aliphatic heterocycles. The second-order valence-electron chi connectivity index (χ2n) is 7.23. The fourth-order valence-electron chi connectivity index (χ4n) is 3.51. The van der Waals surface area contributed by atoms with E-state index in [4.69, 9.17) is 18.9 Å². The van der Waals surface area contributed by atoms with Crippen LogP contribution in [0.5, 0.6) is 17.4 Å². The number of fused-ring (bicyclic) bond motifs is 2. The van der Waals surface area contributed by atoms with Gasteiger partial charge in [0.1, 0.15) is 12.7 Å². The lowest BCUT2D eigenvalue weighted by molar-refractivity contribution is -0.0252. The minimum atomic E-state index is -3.29. The van der Waals surface area contributed by atoms with E-state index in [0.29, 0.717) is 47.3 Å². The Morgan fingerprint density at radius 3 is 2.87 bits per heavy atom. The van der Waals surface area contributed by atoms with Gasteiger partial charge in [-0.15, -0.1) is 0 Å². The third-order valence-electron chi connectivity index (χ3n) is 5.07. The number of morpholine rings is 1. The van der Waals surface area contributed by atoms with Crippen LogP contribution in [0.25, 0.3) is 22.3 Å². The highest BCUT2D eigenvalue weighted by Crippen LogP contribution is 2.36. The number of hydrogen-bond acceptors (Lipinski definition) is 9. The highest BCUT2D eigenvalue weighted by molar-refractivity contribution is 7.88. The molecule has 1 saturated heterocycles. The van der Waals surface area contributed by atoms with Crippen molar-refractivity contribution in [2.24, 2.45) is 0 Å². The molecule has 0 saturated carbocycles. The predicted octanol–water partition coefficient (Wildman–Crippen LogP) is 1.46. The number of benzene rings is 1. The average Bonchev–Trinajstić information content (AvgIpc) is 3.25. The minimum absolute atomic E-state index is 0.134. The minimum Gasteiger partial charge on any atom is -0.473 e. The van der Waals surface area contributed by atoms with E-state index >= 15 is 0 Å². The molecule has 1 aromatic carbocycles. The molecule has 2 aromatic heterocycles. The van der Waals surface area contributed by atoms with Gasteiger partial charge in [-0.2, -0.15) is 4.31 Å². The van der Waals surface area contributed by atoms with Crippen molar-refractivity contribution in [3.05, 3.63) is 36.7 Å². The summed E-state index contributed by atoms with van der Waals surface area (Å²) < 4.78 is 47.5. The van der Waals surface area contributed by atoms with E-state index in [0.717, 1.165) is 5.56 Å². The molecule has 11 heteroatoms.